The highest BCUT2D eigenvalue weighted by molar-refractivity contribution is 4.58. The first-order chi connectivity index (χ1) is 5.20. The summed E-state index contributed by atoms with van der Waals surface area (Å²) in [5, 5.41) is 0. The molecule has 68 valence electrons. The number of hydrogen-bond donors (Lipinski definition) is 0. The van der Waals surface area contributed by atoms with E-state index in [4.69, 9.17) is 0 Å². The van der Waals surface area contributed by atoms with E-state index in [1.807, 2.05) is 0 Å². The average Bonchev–Trinajstić information content (AvgIpc) is 1.87. The second-order valence-corrected chi connectivity index (χ2v) is 3.38. The van der Waals surface area contributed by atoms with Crippen LogP contribution in [0.4, 0.5) is 4.39 Å². The lowest BCUT2D eigenvalue weighted by Gasteiger charge is -2.21. The van der Waals surface area contributed by atoms with Gasteiger partial charge in [-0.05, 0) is 18.9 Å². The average molecular weight is 161 g/mol. The van der Waals surface area contributed by atoms with Gasteiger partial charge in [-0.3, -0.25) is 0 Å². The molecule has 0 fully saturated rings. The highest BCUT2D eigenvalue weighted by atomic mass is 19.1. The maximum Gasteiger partial charge on any atom is 0.102 e. The van der Waals surface area contributed by atoms with Crippen molar-refractivity contribution in [1.29, 1.82) is 0 Å². The predicted molar refractivity (Wildman–Crippen MR) is 47.5 cm³/mol. The normalized spacial score (nSPS) is 11.5. The van der Waals surface area contributed by atoms with E-state index in [-0.39, 0.29) is 6.67 Å². The van der Waals surface area contributed by atoms with Crippen molar-refractivity contribution in [2.45, 2.75) is 27.2 Å². The summed E-state index contributed by atoms with van der Waals surface area (Å²) >= 11 is 0. The molecular formula is C9H20FN. The van der Waals surface area contributed by atoms with E-state index in [0.29, 0.717) is 12.5 Å². The number of halogens is 1. The van der Waals surface area contributed by atoms with Gasteiger partial charge in [-0.2, -0.15) is 0 Å². The summed E-state index contributed by atoms with van der Waals surface area (Å²) in [6, 6.07) is 0. The highest BCUT2D eigenvalue weighted by Gasteiger charge is 2.04. The van der Waals surface area contributed by atoms with Crippen LogP contribution in [0.3, 0.4) is 0 Å². The van der Waals surface area contributed by atoms with E-state index in [1.165, 1.54) is 0 Å². The van der Waals surface area contributed by atoms with Crippen LogP contribution in [0.25, 0.3) is 0 Å². The fraction of sp³-hybridized carbons (Fsp3) is 1.00. The van der Waals surface area contributed by atoms with Crippen LogP contribution in [-0.2, 0) is 0 Å². The monoisotopic (exact) mass is 161 g/mol. The Morgan fingerprint density at radius 2 is 1.91 bits per heavy atom. The van der Waals surface area contributed by atoms with Crippen molar-refractivity contribution in [2.75, 3.05) is 26.3 Å². The molecule has 0 spiro atoms. The number of alkyl halides is 1. The van der Waals surface area contributed by atoms with Gasteiger partial charge in [0.25, 0.3) is 0 Å². The molecule has 0 aromatic carbocycles. The van der Waals surface area contributed by atoms with Crippen molar-refractivity contribution in [3.63, 3.8) is 0 Å². The first-order valence-electron chi connectivity index (χ1n) is 4.49. The van der Waals surface area contributed by atoms with Crippen LogP contribution >= 0.6 is 0 Å². The number of rotatable bonds is 6. The SMILES string of the molecule is CCCN(CCF)CC(C)C. The van der Waals surface area contributed by atoms with Gasteiger partial charge in [-0.1, -0.05) is 20.8 Å². The van der Waals surface area contributed by atoms with Gasteiger partial charge in [-0.25, -0.2) is 4.39 Å². The number of hydrogen-bond acceptors (Lipinski definition) is 1. The summed E-state index contributed by atoms with van der Waals surface area (Å²) in [5.74, 6) is 0.646. The second-order valence-electron chi connectivity index (χ2n) is 3.38. The summed E-state index contributed by atoms with van der Waals surface area (Å²) in [4.78, 5) is 2.19. The van der Waals surface area contributed by atoms with E-state index < -0.39 is 0 Å². The zero-order valence-corrected chi connectivity index (χ0v) is 7.94. The fourth-order valence-electron chi connectivity index (χ4n) is 1.25. The van der Waals surface area contributed by atoms with Gasteiger partial charge >= 0.3 is 0 Å². The van der Waals surface area contributed by atoms with E-state index in [2.05, 4.69) is 25.7 Å². The molecule has 0 amide bonds. The first kappa shape index (κ1) is 10.9. The van der Waals surface area contributed by atoms with Gasteiger partial charge < -0.3 is 4.90 Å². The van der Waals surface area contributed by atoms with Gasteiger partial charge in [0.2, 0.25) is 0 Å². The zero-order chi connectivity index (χ0) is 8.69. The van der Waals surface area contributed by atoms with Crippen molar-refractivity contribution in [3.8, 4) is 0 Å². The summed E-state index contributed by atoms with van der Waals surface area (Å²) < 4.78 is 12.0. The van der Waals surface area contributed by atoms with E-state index in [0.717, 1.165) is 19.5 Å². The van der Waals surface area contributed by atoms with Crippen molar-refractivity contribution in [2.24, 2.45) is 5.92 Å². The maximum absolute atomic E-state index is 12.0. The lowest BCUT2D eigenvalue weighted by Crippen LogP contribution is -2.30. The molecular weight excluding hydrogens is 141 g/mol. The molecule has 0 aromatic rings. The van der Waals surface area contributed by atoms with Gasteiger partial charge in [0.05, 0.1) is 0 Å². The van der Waals surface area contributed by atoms with Crippen LogP contribution in [0.1, 0.15) is 27.2 Å². The minimum atomic E-state index is -0.216. The molecule has 11 heavy (non-hydrogen) atoms. The Hall–Kier alpha value is -0.110. The van der Waals surface area contributed by atoms with Crippen LogP contribution < -0.4 is 0 Å². The maximum atomic E-state index is 12.0. The molecule has 0 N–H and O–H groups in total. The van der Waals surface area contributed by atoms with Crippen LogP contribution in [0.15, 0.2) is 0 Å². The summed E-state index contributed by atoms with van der Waals surface area (Å²) in [6.07, 6.45) is 1.12. The molecule has 0 aliphatic rings. The van der Waals surface area contributed by atoms with Crippen molar-refractivity contribution >= 4 is 0 Å². The molecule has 2 heteroatoms. The minimum Gasteiger partial charge on any atom is -0.300 e. The molecule has 0 heterocycles. The van der Waals surface area contributed by atoms with Crippen LogP contribution in [0.2, 0.25) is 0 Å². The largest absolute Gasteiger partial charge is 0.300 e. The number of nitrogens with zero attached hydrogens (tertiary/aromatic N) is 1. The molecule has 0 saturated carbocycles. The third-order valence-electron chi connectivity index (χ3n) is 1.56. The van der Waals surface area contributed by atoms with E-state index in [1.54, 1.807) is 0 Å². The van der Waals surface area contributed by atoms with Crippen molar-refractivity contribution in [1.82, 2.24) is 4.90 Å². The zero-order valence-electron chi connectivity index (χ0n) is 7.94. The lowest BCUT2D eigenvalue weighted by atomic mass is 10.2. The Balaban J connectivity index is 3.50. The summed E-state index contributed by atoms with van der Waals surface area (Å²) in [5.41, 5.74) is 0. The smallest absolute Gasteiger partial charge is 0.102 e. The van der Waals surface area contributed by atoms with Crippen LogP contribution in [-0.4, -0.2) is 31.2 Å². The Bertz CT molecular complexity index is 77.6. The molecule has 1 nitrogen and oxygen atoms in total. The lowest BCUT2D eigenvalue weighted by molar-refractivity contribution is 0.224. The highest BCUT2D eigenvalue weighted by Crippen LogP contribution is 1.99. The van der Waals surface area contributed by atoms with E-state index >= 15 is 0 Å². The topological polar surface area (TPSA) is 3.24 Å². The standard InChI is InChI=1S/C9H20FN/c1-4-6-11(7-5-10)8-9(2)3/h9H,4-8H2,1-3H3. The molecule has 0 atom stereocenters. The quantitative estimate of drug-likeness (QED) is 0.578. The predicted octanol–water partition coefficient (Wildman–Crippen LogP) is 2.32. The minimum absolute atomic E-state index is 0.216. The molecule has 0 aromatic heterocycles. The molecule has 0 bridgehead atoms. The van der Waals surface area contributed by atoms with E-state index in [9.17, 15) is 4.39 Å². The molecule has 0 saturated heterocycles. The molecule has 0 rings (SSSR count). The van der Waals surface area contributed by atoms with Crippen molar-refractivity contribution in [3.05, 3.63) is 0 Å². The second kappa shape index (κ2) is 6.59. The third-order valence-corrected chi connectivity index (χ3v) is 1.56. The Morgan fingerprint density at radius 1 is 1.27 bits per heavy atom. The Kier molecular flexibility index (Phi) is 6.52. The fourth-order valence-corrected chi connectivity index (χ4v) is 1.25. The van der Waals surface area contributed by atoms with Crippen LogP contribution in [0.5, 0.6) is 0 Å². The van der Waals surface area contributed by atoms with Gasteiger partial charge in [0.15, 0.2) is 0 Å². The molecule has 0 radical (unpaired) electrons. The first-order valence-corrected chi connectivity index (χ1v) is 4.49. The van der Waals surface area contributed by atoms with Gasteiger partial charge in [0.1, 0.15) is 6.67 Å². The van der Waals surface area contributed by atoms with Crippen molar-refractivity contribution < 1.29 is 4.39 Å². The summed E-state index contributed by atoms with van der Waals surface area (Å²) in [6.45, 7) is 8.91. The molecule has 0 aliphatic heterocycles. The summed E-state index contributed by atoms with van der Waals surface area (Å²) in [7, 11) is 0. The Labute approximate surface area is 69.6 Å². The third kappa shape index (κ3) is 6.29. The van der Waals surface area contributed by atoms with Gasteiger partial charge in [-0.15, -0.1) is 0 Å². The molecule has 0 unspecified atom stereocenters. The Morgan fingerprint density at radius 3 is 2.27 bits per heavy atom. The van der Waals surface area contributed by atoms with Gasteiger partial charge in [0, 0.05) is 13.1 Å². The molecule has 0 aliphatic carbocycles. The van der Waals surface area contributed by atoms with Crippen LogP contribution in [0, 0.1) is 5.92 Å².